The molecular weight excluding hydrogens is 200 g/mol. The van der Waals surface area contributed by atoms with Crippen LogP contribution >= 0.6 is 0 Å². The molecule has 0 aromatic carbocycles. The number of pyridine rings is 2. The Bertz CT molecular complexity index is 479. The van der Waals surface area contributed by atoms with Crippen LogP contribution in [0, 0.1) is 6.92 Å². The highest BCUT2D eigenvalue weighted by atomic mass is 15.3. The van der Waals surface area contributed by atoms with Crippen LogP contribution in [0.4, 0.5) is 5.82 Å². The lowest BCUT2D eigenvalue weighted by Gasteiger charge is -2.01. The molecule has 0 saturated carbocycles. The van der Waals surface area contributed by atoms with Crippen molar-refractivity contribution in [1.29, 1.82) is 0 Å². The summed E-state index contributed by atoms with van der Waals surface area (Å²) in [6.45, 7) is 1.98. The molecule has 0 saturated heterocycles. The molecule has 80 valence electrons. The molecule has 0 bridgehead atoms. The van der Waals surface area contributed by atoms with Gasteiger partial charge >= 0.3 is 0 Å². The van der Waals surface area contributed by atoms with Crippen molar-refractivity contribution in [2.45, 2.75) is 6.92 Å². The van der Waals surface area contributed by atoms with Crippen molar-refractivity contribution in [3.05, 3.63) is 54.0 Å². The van der Waals surface area contributed by atoms with Gasteiger partial charge in [-0.05, 0) is 30.7 Å². The fourth-order valence-electron chi connectivity index (χ4n) is 1.21. The van der Waals surface area contributed by atoms with Crippen LogP contribution < -0.4 is 5.43 Å². The summed E-state index contributed by atoms with van der Waals surface area (Å²) in [5, 5.41) is 4.07. The van der Waals surface area contributed by atoms with E-state index >= 15 is 0 Å². The summed E-state index contributed by atoms with van der Waals surface area (Å²) in [4.78, 5) is 8.29. The van der Waals surface area contributed by atoms with Gasteiger partial charge in [-0.2, -0.15) is 5.10 Å². The zero-order valence-corrected chi connectivity index (χ0v) is 8.96. The van der Waals surface area contributed by atoms with E-state index in [9.17, 15) is 0 Å². The maximum absolute atomic E-state index is 4.16. The molecule has 0 radical (unpaired) electrons. The number of aromatic nitrogens is 2. The second kappa shape index (κ2) is 5.02. The Morgan fingerprint density at radius 3 is 2.75 bits per heavy atom. The van der Waals surface area contributed by atoms with Crippen molar-refractivity contribution in [1.82, 2.24) is 9.97 Å². The summed E-state index contributed by atoms with van der Waals surface area (Å²) < 4.78 is 0. The van der Waals surface area contributed by atoms with Crippen molar-refractivity contribution in [2.24, 2.45) is 5.10 Å². The summed E-state index contributed by atoms with van der Waals surface area (Å²) in [5.74, 6) is 0.759. The van der Waals surface area contributed by atoms with Gasteiger partial charge in [0.1, 0.15) is 5.82 Å². The van der Waals surface area contributed by atoms with E-state index in [1.807, 2.05) is 37.3 Å². The number of hydrogen-bond donors (Lipinski definition) is 1. The van der Waals surface area contributed by atoms with Crippen LogP contribution in [0.1, 0.15) is 11.3 Å². The third-order valence-electron chi connectivity index (χ3n) is 2.06. The van der Waals surface area contributed by atoms with Crippen molar-refractivity contribution in [3.63, 3.8) is 0 Å². The first kappa shape index (κ1) is 10.3. The standard InChI is InChI=1S/C12H12N4/c1-10-5-4-8-14-12(10)16-15-9-11-6-2-3-7-13-11/h2-9H,1H3,(H,14,16)/b15-9+. The summed E-state index contributed by atoms with van der Waals surface area (Å²) in [5.41, 5.74) is 4.74. The molecule has 0 fully saturated rings. The Morgan fingerprint density at radius 1 is 1.12 bits per heavy atom. The second-order valence-corrected chi connectivity index (χ2v) is 3.29. The smallest absolute Gasteiger partial charge is 0.149 e. The minimum atomic E-state index is 0.759. The highest BCUT2D eigenvalue weighted by Crippen LogP contribution is 2.08. The number of aryl methyl sites for hydroxylation is 1. The number of hydrazone groups is 1. The molecule has 0 spiro atoms. The Balaban J connectivity index is 2.03. The SMILES string of the molecule is Cc1cccnc1N/N=C/c1ccccn1. The zero-order chi connectivity index (χ0) is 11.2. The van der Waals surface area contributed by atoms with E-state index in [-0.39, 0.29) is 0 Å². The Labute approximate surface area is 94.1 Å². The van der Waals surface area contributed by atoms with E-state index in [2.05, 4.69) is 20.5 Å². The Hall–Kier alpha value is -2.23. The van der Waals surface area contributed by atoms with Gasteiger partial charge in [-0.15, -0.1) is 0 Å². The molecule has 0 aliphatic heterocycles. The van der Waals surface area contributed by atoms with Crippen LogP contribution in [0.15, 0.2) is 47.8 Å². The van der Waals surface area contributed by atoms with E-state index in [0.717, 1.165) is 17.1 Å². The van der Waals surface area contributed by atoms with E-state index in [4.69, 9.17) is 0 Å². The van der Waals surface area contributed by atoms with E-state index in [0.29, 0.717) is 0 Å². The first-order chi connectivity index (χ1) is 7.86. The quantitative estimate of drug-likeness (QED) is 0.627. The Morgan fingerprint density at radius 2 is 2.00 bits per heavy atom. The minimum absolute atomic E-state index is 0.759. The number of nitrogens with zero attached hydrogens (tertiary/aromatic N) is 3. The van der Waals surface area contributed by atoms with Crippen LogP contribution in [0.3, 0.4) is 0 Å². The van der Waals surface area contributed by atoms with Gasteiger partial charge in [-0.3, -0.25) is 10.4 Å². The van der Waals surface area contributed by atoms with Gasteiger partial charge in [0.25, 0.3) is 0 Å². The van der Waals surface area contributed by atoms with Crippen molar-refractivity contribution >= 4 is 12.0 Å². The molecule has 0 aliphatic rings. The maximum Gasteiger partial charge on any atom is 0.149 e. The van der Waals surface area contributed by atoms with Crippen LogP contribution in [0.5, 0.6) is 0 Å². The highest BCUT2D eigenvalue weighted by molar-refractivity contribution is 5.77. The van der Waals surface area contributed by atoms with Gasteiger partial charge in [-0.25, -0.2) is 4.98 Å². The first-order valence-electron chi connectivity index (χ1n) is 4.98. The third-order valence-corrected chi connectivity index (χ3v) is 2.06. The van der Waals surface area contributed by atoms with Crippen LogP contribution in [0.25, 0.3) is 0 Å². The molecule has 4 nitrogen and oxygen atoms in total. The third kappa shape index (κ3) is 2.63. The van der Waals surface area contributed by atoms with Gasteiger partial charge < -0.3 is 0 Å². The molecule has 0 unspecified atom stereocenters. The molecule has 0 amide bonds. The summed E-state index contributed by atoms with van der Waals surface area (Å²) in [7, 11) is 0. The van der Waals surface area contributed by atoms with Crippen molar-refractivity contribution in [3.8, 4) is 0 Å². The summed E-state index contributed by atoms with van der Waals surface area (Å²) in [6.07, 6.45) is 5.12. The second-order valence-electron chi connectivity index (χ2n) is 3.29. The molecular formula is C12H12N4. The Kier molecular flexibility index (Phi) is 3.23. The van der Waals surface area contributed by atoms with Gasteiger partial charge in [-0.1, -0.05) is 12.1 Å². The first-order valence-corrected chi connectivity index (χ1v) is 4.98. The summed E-state index contributed by atoms with van der Waals surface area (Å²) in [6, 6.07) is 9.54. The molecule has 16 heavy (non-hydrogen) atoms. The van der Waals surface area contributed by atoms with Crippen molar-refractivity contribution < 1.29 is 0 Å². The van der Waals surface area contributed by atoms with Gasteiger partial charge in [0.05, 0.1) is 11.9 Å². The molecule has 0 aliphatic carbocycles. The molecule has 2 rings (SSSR count). The lowest BCUT2D eigenvalue weighted by atomic mass is 10.3. The molecule has 2 heterocycles. The highest BCUT2D eigenvalue weighted by Gasteiger charge is 1.94. The van der Waals surface area contributed by atoms with E-state index < -0.39 is 0 Å². The predicted octanol–water partition coefficient (Wildman–Crippen LogP) is 2.23. The number of rotatable bonds is 3. The maximum atomic E-state index is 4.16. The van der Waals surface area contributed by atoms with E-state index in [1.54, 1.807) is 18.6 Å². The predicted molar refractivity (Wildman–Crippen MR) is 64.4 cm³/mol. The average Bonchev–Trinajstić information content (AvgIpc) is 2.33. The lowest BCUT2D eigenvalue weighted by molar-refractivity contribution is 1.19. The minimum Gasteiger partial charge on any atom is -0.261 e. The van der Waals surface area contributed by atoms with Crippen LogP contribution in [-0.4, -0.2) is 16.2 Å². The average molecular weight is 212 g/mol. The molecule has 2 aromatic rings. The van der Waals surface area contributed by atoms with Crippen LogP contribution in [0.2, 0.25) is 0 Å². The molecule has 1 N–H and O–H groups in total. The molecule has 4 heteroatoms. The van der Waals surface area contributed by atoms with Gasteiger partial charge in [0.2, 0.25) is 0 Å². The fourth-order valence-corrected chi connectivity index (χ4v) is 1.21. The lowest BCUT2D eigenvalue weighted by Crippen LogP contribution is -1.96. The number of anilines is 1. The summed E-state index contributed by atoms with van der Waals surface area (Å²) >= 11 is 0. The molecule has 0 atom stereocenters. The van der Waals surface area contributed by atoms with Gasteiger partial charge in [0.15, 0.2) is 0 Å². The number of nitrogens with one attached hydrogen (secondary N) is 1. The largest absolute Gasteiger partial charge is 0.261 e. The normalized spacial score (nSPS) is 10.6. The zero-order valence-electron chi connectivity index (χ0n) is 8.96. The van der Waals surface area contributed by atoms with Gasteiger partial charge in [0, 0.05) is 12.4 Å². The van der Waals surface area contributed by atoms with E-state index in [1.165, 1.54) is 0 Å². The molecule has 2 aromatic heterocycles. The van der Waals surface area contributed by atoms with Crippen molar-refractivity contribution in [2.75, 3.05) is 5.43 Å². The van der Waals surface area contributed by atoms with Crippen LogP contribution in [-0.2, 0) is 0 Å². The fraction of sp³-hybridized carbons (Fsp3) is 0.0833. The topological polar surface area (TPSA) is 50.2 Å². The number of hydrogen-bond acceptors (Lipinski definition) is 4. The monoisotopic (exact) mass is 212 g/mol.